The molecule has 0 radical (unpaired) electrons. The van der Waals surface area contributed by atoms with Crippen molar-refractivity contribution in [1.29, 1.82) is 0 Å². The molecule has 1 aromatic heterocycles. The van der Waals surface area contributed by atoms with Crippen molar-refractivity contribution >= 4 is 35.7 Å². The van der Waals surface area contributed by atoms with Crippen molar-refractivity contribution in [3.05, 3.63) is 76.4 Å². The first-order valence-corrected chi connectivity index (χ1v) is 12.0. The Morgan fingerprint density at radius 1 is 1.09 bits per heavy atom. The first kappa shape index (κ1) is 24.6. The summed E-state index contributed by atoms with van der Waals surface area (Å²) in [5.41, 5.74) is 3.05. The van der Waals surface area contributed by atoms with Gasteiger partial charge in [0.05, 0.1) is 13.1 Å². The van der Waals surface area contributed by atoms with Crippen molar-refractivity contribution in [2.75, 3.05) is 31.1 Å². The lowest BCUT2D eigenvalue weighted by molar-refractivity contribution is -0.121. The van der Waals surface area contributed by atoms with E-state index in [0.29, 0.717) is 31.3 Å². The molecule has 0 bridgehead atoms. The number of ether oxygens (including phenoxy) is 1. The third-order valence-corrected chi connectivity index (χ3v) is 6.57. The van der Waals surface area contributed by atoms with Gasteiger partial charge in [0.15, 0.2) is 5.82 Å². The summed E-state index contributed by atoms with van der Waals surface area (Å²) in [6.45, 7) is 6.14. The number of nitrogens with zero attached hydrogens (tertiary/aromatic N) is 4. The number of carbonyl (C=O) groups is 1. The maximum atomic E-state index is 12.8. The van der Waals surface area contributed by atoms with Gasteiger partial charge in [0.2, 0.25) is 5.91 Å². The van der Waals surface area contributed by atoms with Crippen LogP contribution in [0.25, 0.3) is 0 Å². The number of hydrogen-bond acceptors (Lipinski definition) is 4. The lowest BCUT2D eigenvalue weighted by atomic mass is 10.2. The highest BCUT2D eigenvalue weighted by molar-refractivity contribution is 6.30. The zero-order chi connectivity index (χ0) is 22.8. The van der Waals surface area contributed by atoms with Crippen molar-refractivity contribution in [3.8, 4) is 5.75 Å². The molecule has 2 fully saturated rings. The van der Waals surface area contributed by atoms with Gasteiger partial charge in [-0.05, 0) is 49.4 Å². The zero-order valence-corrected chi connectivity index (χ0v) is 20.9. The SMILES string of the molecule is Cc1cc(N2CCN(CC3CC3)CC2=O)nn1Cc1cc(Cl)ccc1OCc1ccccc1.Cl. The second-order valence-electron chi connectivity index (χ2n) is 9.05. The van der Waals surface area contributed by atoms with Crippen LogP contribution in [0.1, 0.15) is 29.7 Å². The van der Waals surface area contributed by atoms with Crippen LogP contribution in [0.3, 0.4) is 0 Å². The zero-order valence-electron chi connectivity index (χ0n) is 19.3. The predicted molar refractivity (Wildman–Crippen MR) is 137 cm³/mol. The monoisotopic (exact) mass is 500 g/mol. The molecule has 2 aliphatic rings. The number of aromatic nitrogens is 2. The van der Waals surface area contributed by atoms with Gasteiger partial charge in [0.25, 0.3) is 0 Å². The van der Waals surface area contributed by atoms with Crippen LogP contribution in [0.4, 0.5) is 5.82 Å². The molecule has 180 valence electrons. The third kappa shape index (κ3) is 5.93. The van der Waals surface area contributed by atoms with E-state index in [-0.39, 0.29) is 18.3 Å². The first-order chi connectivity index (χ1) is 16.0. The normalized spacial score (nSPS) is 16.4. The summed E-state index contributed by atoms with van der Waals surface area (Å²) < 4.78 is 8.03. The number of amides is 1. The van der Waals surface area contributed by atoms with Crippen molar-refractivity contribution in [1.82, 2.24) is 14.7 Å². The molecule has 0 spiro atoms. The summed E-state index contributed by atoms with van der Waals surface area (Å²) in [6, 6.07) is 17.7. The number of hydrogen-bond donors (Lipinski definition) is 0. The maximum Gasteiger partial charge on any atom is 0.242 e. The maximum absolute atomic E-state index is 12.8. The molecule has 0 atom stereocenters. The van der Waals surface area contributed by atoms with Crippen LogP contribution < -0.4 is 9.64 Å². The molecule has 2 heterocycles. The van der Waals surface area contributed by atoms with Gasteiger partial charge in [-0.1, -0.05) is 41.9 Å². The predicted octanol–water partition coefficient (Wildman–Crippen LogP) is 4.95. The topological polar surface area (TPSA) is 50.6 Å². The molecule has 1 amide bonds. The average molecular weight is 501 g/mol. The van der Waals surface area contributed by atoms with E-state index >= 15 is 0 Å². The fourth-order valence-corrected chi connectivity index (χ4v) is 4.47. The second-order valence-corrected chi connectivity index (χ2v) is 9.49. The number of anilines is 1. The van der Waals surface area contributed by atoms with Crippen LogP contribution in [0, 0.1) is 12.8 Å². The summed E-state index contributed by atoms with van der Waals surface area (Å²) in [7, 11) is 0. The van der Waals surface area contributed by atoms with Gasteiger partial charge in [0, 0.05) is 42.0 Å². The minimum absolute atomic E-state index is 0. The van der Waals surface area contributed by atoms with E-state index in [9.17, 15) is 4.79 Å². The Hall–Kier alpha value is -2.54. The number of halogens is 2. The smallest absolute Gasteiger partial charge is 0.242 e. The number of benzene rings is 2. The van der Waals surface area contributed by atoms with Crippen LogP contribution >= 0.6 is 24.0 Å². The second kappa shape index (κ2) is 10.8. The van der Waals surface area contributed by atoms with E-state index in [1.807, 2.05) is 71.1 Å². The van der Waals surface area contributed by atoms with Crippen LogP contribution in [0.5, 0.6) is 5.75 Å². The Morgan fingerprint density at radius 3 is 2.62 bits per heavy atom. The molecule has 1 saturated carbocycles. The van der Waals surface area contributed by atoms with Crippen LogP contribution in [-0.4, -0.2) is 46.8 Å². The third-order valence-electron chi connectivity index (χ3n) is 6.34. The Bertz CT molecular complexity index is 1130. The van der Waals surface area contributed by atoms with Gasteiger partial charge in [0.1, 0.15) is 12.4 Å². The number of piperazine rings is 1. The van der Waals surface area contributed by atoms with Crippen LogP contribution in [0.15, 0.2) is 54.6 Å². The number of aryl methyl sites for hydroxylation is 1. The first-order valence-electron chi connectivity index (χ1n) is 11.6. The fourth-order valence-electron chi connectivity index (χ4n) is 4.28. The molecular weight excluding hydrogens is 471 g/mol. The highest BCUT2D eigenvalue weighted by Crippen LogP contribution is 2.30. The Labute approximate surface area is 211 Å². The molecule has 0 N–H and O–H groups in total. The van der Waals surface area contributed by atoms with Gasteiger partial charge in [-0.25, -0.2) is 0 Å². The van der Waals surface area contributed by atoms with Crippen molar-refractivity contribution in [3.63, 3.8) is 0 Å². The van der Waals surface area contributed by atoms with E-state index in [4.69, 9.17) is 21.4 Å². The molecule has 0 unspecified atom stereocenters. The van der Waals surface area contributed by atoms with E-state index in [1.165, 1.54) is 12.8 Å². The highest BCUT2D eigenvalue weighted by Gasteiger charge is 2.31. The minimum atomic E-state index is 0. The lowest BCUT2D eigenvalue weighted by Gasteiger charge is -2.33. The van der Waals surface area contributed by atoms with Crippen molar-refractivity contribution in [2.24, 2.45) is 5.92 Å². The van der Waals surface area contributed by atoms with E-state index in [1.54, 1.807) is 0 Å². The Kier molecular flexibility index (Phi) is 7.81. The quantitative estimate of drug-likeness (QED) is 0.438. The van der Waals surface area contributed by atoms with E-state index < -0.39 is 0 Å². The molecule has 6 nitrogen and oxygen atoms in total. The molecule has 1 aliphatic carbocycles. The van der Waals surface area contributed by atoms with Gasteiger partial charge >= 0.3 is 0 Å². The molecular formula is C26H30Cl2N4O2. The van der Waals surface area contributed by atoms with Gasteiger partial charge in [-0.2, -0.15) is 5.10 Å². The molecule has 2 aromatic carbocycles. The summed E-state index contributed by atoms with van der Waals surface area (Å²) in [6.07, 6.45) is 2.61. The summed E-state index contributed by atoms with van der Waals surface area (Å²) in [5, 5.41) is 5.43. The van der Waals surface area contributed by atoms with Gasteiger partial charge in [-0.3, -0.25) is 19.3 Å². The molecule has 34 heavy (non-hydrogen) atoms. The van der Waals surface area contributed by atoms with E-state index in [2.05, 4.69) is 4.90 Å². The van der Waals surface area contributed by atoms with E-state index in [0.717, 1.165) is 47.4 Å². The number of carbonyl (C=O) groups excluding carboxylic acids is 1. The largest absolute Gasteiger partial charge is 0.489 e. The van der Waals surface area contributed by atoms with Crippen LogP contribution in [0.2, 0.25) is 5.02 Å². The van der Waals surface area contributed by atoms with Crippen LogP contribution in [-0.2, 0) is 17.9 Å². The molecule has 1 saturated heterocycles. The highest BCUT2D eigenvalue weighted by atomic mass is 35.5. The molecule has 5 rings (SSSR count). The van der Waals surface area contributed by atoms with Crippen molar-refractivity contribution in [2.45, 2.75) is 32.9 Å². The van der Waals surface area contributed by atoms with Gasteiger partial charge in [-0.15, -0.1) is 12.4 Å². The average Bonchev–Trinajstić information content (AvgIpc) is 3.55. The lowest BCUT2D eigenvalue weighted by Crippen LogP contribution is -2.51. The fraction of sp³-hybridized carbons (Fsp3) is 0.385. The minimum Gasteiger partial charge on any atom is -0.489 e. The van der Waals surface area contributed by atoms with Gasteiger partial charge < -0.3 is 4.74 Å². The summed E-state index contributed by atoms with van der Waals surface area (Å²) in [4.78, 5) is 16.9. The molecule has 8 heteroatoms. The number of rotatable bonds is 8. The summed E-state index contributed by atoms with van der Waals surface area (Å²) in [5.74, 6) is 2.42. The Morgan fingerprint density at radius 2 is 1.88 bits per heavy atom. The molecule has 3 aromatic rings. The van der Waals surface area contributed by atoms with Crippen molar-refractivity contribution < 1.29 is 9.53 Å². The molecule has 1 aliphatic heterocycles. The standard InChI is InChI=1S/C26H29ClN4O2.ClH/c1-19-13-25(30-12-11-29(17-26(30)32)15-20-7-8-20)28-31(19)16-22-14-23(27)9-10-24(22)33-18-21-5-3-2-4-6-21;/h2-6,9-10,13-14,20H,7-8,11-12,15-18H2,1H3;1H. The summed E-state index contributed by atoms with van der Waals surface area (Å²) >= 11 is 6.30. The Balaban J connectivity index is 0.00000274.